The predicted octanol–water partition coefficient (Wildman–Crippen LogP) is -0.0673. The molecule has 1 aromatic rings. The summed E-state index contributed by atoms with van der Waals surface area (Å²) >= 11 is 0. The summed E-state index contributed by atoms with van der Waals surface area (Å²) < 4.78 is 1.75. The summed E-state index contributed by atoms with van der Waals surface area (Å²) in [5.41, 5.74) is 0. The van der Waals surface area contributed by atoms with Crippen LogP contribution in [0.4, 0.5) is 0 Å². The predicted molar refractivity (Wildman–Crippen MR) is 63.4 cm³/mol. The Hall–Kier alpha value is -1.42. The normalized spacial score (nSPS) is 35.7. The Morgan fingerprint density at radius 1 is 1.17 bits per heavy atom. The number of nitrogens with zero attached hydrogens (tertiary/aromatic N) is 1. The number of piperidine rings is 1. The van der Waals surface area contributed by atoms with E-state index in [2.05, 4.69) is 5.32 Å². The van der Waals surface area contributed by atoms with Gasteiger partial charge in [-0.3, -0.25) is 4.79 Å². The molecule has 4 nitrogen and oxygen atoms in total. The van der Waals surface area contributed by atoms with Gasteiger partial charge in [-0.1, -0.05) is 18.9 Å². The van der Waals surface area contributed by atoms with Crippen LogP contribution < -0.4 is 15.0 Å². The van der Waals surface area contributed by atoms with Crippen molar-refractivity contribution in [1.82, 2.24) is 5.32 Å². The van der Waals surface area contributed by atoms with Crippen LogP contribution in [0.3, 0.4) is 0 Å². The van der Waals surface area contributed by atoms with Gasteiger partial charge in [-0.05, 0) is 24.9 Å². The molecule has 0 aromatic carbocycles. The zero-order valence-corrected chi connectivity index (χ0v) is 10.3. The standard InChI is InChI=1S/C14H18N2O2/c17-13-10-6-2-3-7-11(10)15-14(18)12(13)16-8-4-1-5-9-16/h1,4-5,8-13H,2-3,6-7H2,(H,15,18). The number of carbonyl (C=O) groups excluding carboxylic acids is 1. The molecule has 4 heteroatoms. The van der Waals surface area contributed by atoms with Gasteiger partial charge < -0.3 is 10.4 Å². The van der Waals surface area contributed by atoms with Gasteiger partial charge in [0.25, 0.3) is 5.91 Å². The van der Waals surface area contributed by atoms with Crippen molar-refractivity contribution in [2.45, 2.75) is 43.9 Å². The van der Waals surface area contributed by atoms with E-state index in [4.69, 9.17) is 0 Å². The van der Waals surface area contributed by atoms with Gasteiger partial charge in [0.1, 0.15) is 0 Å². The molecule has 1 saturated carbocycles. The Morgan fingerprint density at radius 3 is 2.67 bits per heavy atom. The van der Waals surface area contributed by atoms with Crippen molar-refractivity contribution in [1.29, 1.82) is 0 Å². The number of fused-ring (bicyclic) bond motifs is 1. The molecule has 2 aliphatic rings. The van der Waals surface area contributed by atoms with Crippen molar-refractivity contribution in [2.75, 3.05) is 0 Å². The van der Waals surface area contributed by atoms with Gasteiger partial charge >= 0.3 is 0 Å². The third-order valence-corrected chi connectivity index (χ3v) is 4.21. The van der Waals surface area contributed by atoms with Gasteiger partial charge in [0, 0.05) is 18.2 Å². The number of pyridine rings is 1. The topological polar surface area (TPSA) is 56.0 Å². The molecule has 2 fully saturated rings. The highest BCUT2D eigenvalue weighted by molar-refractivity contribution is 5.80. The third-order valence-electron chi connectivity index (χ3n) is 4.21. The molecule has 3 rings (SSSR count). The van der Waals surface area contributed by atoms with E-state index in [0.29, 0.717) is 0 Å². The Morgan fingerprint density at radius 2 is 1.89 bits per heavy atom. The van der Waals surface area contributed by atoms with Gasteiger partial charge in [-0.15, -0.1) is 0 Å². The third kappa shape index (κ3) is 1.90. The van der Waals surface area contributed by atoms with Crippen LogP contribution in [0.25, 0.3) is 0 Å². The average Bonchev–Trinajstić information content (AvgIpc) is 2.40. The van der Waals surface area contributed by atoms with Gasteiger partial charge in [0.05, 0.1) is 0 Å². The molecule has 1 saturated heterocycles. The molecule has 18 heavy (non-hydrogen) atoms. The van der Waals surface area contributed by atoms with Crippen LogP contribution in [-0.2, 0) is 4.79 Å². The van der Waals surface area contributed by atoms with E-state index in [1.807, 2.05) is 18.2 Å². The van der Waals surface area contributed by atoms with Gasteiger partial charge in [0.2, 0.25) is 6.04 Å². The van der Waals surface area contributed by atoms with E-state index in [1.54, 1.807) is 17.0 Å². The minimum Gasteiger partial charge on any atom is -0.847 e. The van der Waals surface area contributed by atoms with E-state index < -0.39 is 12.1 Å². The first-order valence-corrected chi connectivity index (χ1v) is 6.69. The molecule has 1 aliphatic carbocycles. The Bertz CT molecular complexity index is 435. The van der Waals surface area contributed by atoms with E-state index in [0.717, 1.165) is 25.7 Å². The van der Waals surface area contributed by atoms with Crippen molar-refractivity contribution in [3.63, 3.8) is 0 Å². The summed E-state index contributed by atoms with van der Waals surface area (Å²) in [5, 5.41) is 15.6. The molecule has 0 spiro atoms. The average molecular weight is 246 g/mol. The lowest BCUT2D eigenvalue weighted by Crippen LogP contribution is -2.68. The van der Waals surface area contributed by atoms with Gasteiger partial charge in [-0.2, -0.15) is 4.57 Å². The quantitative estimate of drug-likeness (QED) is 0.705. The van der Waals surface area contributed by atoms with Crippen LogP contribution in [0.2, 0.25) is 0 Å². The molecule has 1 N–H and O–H groups in total. The van der Waals surface area contributed by atoms with E-state index in [9.17, 15) is 9.90 Å². The molecular formula is C14H18N2O2. The number of rotatable bonds is 1. The van der Waals surface area contributed by atoms with Crippen LogP contribution in [0.5, 0.6) is 0 Å². The SMILES string of the molecule is O=C1NC2CCCCC2C([O-])C1[n+]1ccccc1. The Balaban J connectivity index is 1.88. The summed E-state index contributed by atoms with van der Waals surface area (Å²) in [6.07, 6.45) is 6.93. The molecule has 96 valence electrons. The maximum absolute atomic E-state index is 12.6. The fraction of sp³-hybridized carbons (Fsp3) is 0.571. The largest absolute Gasteiger partial charge is 0.847 e. The molecule has 0 radical (unpaired) electrons. The highest BCUT2D eigenvalue weighted by Crippen LogP contribution is 2.32. The number of hydrogen-bond acceptors (Lipinski definition) is 2. The first-order chi connectivity index (χ1) is 8.77. The summed E-state index contributed by atoms with van der Waals surface area (Å²) in [6, 6.07) is 5.11. The van der Waals surface area contributed by atoms with Crippen molar-refractivity contribution >= 4 is 5.91 Å². The minimum atomic E-state index is -0.823. The maximum atomic E-state index is 12.6. The van der Waals surface area contributed by atoms with Crippen LogP contribution in [0.1, 0.15) is 31.7 Å². The maximum Gasteiger partial charge on any atom is 0.288 e. The number of carbonyl (C=O) groups is 1. The van der Waals surface area contributed by atoms with Crippen molar-refractivity contribution in [2.24, 2.45) is 5.92 Å². The molecule has 1 amide bonds. The summed E-state index contributed by atoms with van der Waals surface area (Å²) in [6.45, 7) is 0. The fourth-order valence-corrected chi connectivity index (χ4v) is 3.29. The smallest absolute Gasteiger partial charge is 0.288 e. The molecule has 1 aromatic heterocycles. The van der Waals surface area contributed by atoms with Gasteiger partial charge in [0.15, 0.2) is 12.4 Å². The first kappa shape index (κ1) is 11.7. The number of nitrogens with one attached hydrogen (secondary N) is 1. The van der Waals surface area contributed by atoms with Gasteiger partial charge in [-0.25, -0.2) is 0 Å². The first-order valence-electron chi connectivity index (χ1n) is 6.69. The second-order valence-electron chi connectivity index (χ2n) is 5.30. The zero-order valence-electron chi connectivity index (χ0n) is 10.3. The number of amides is 1. The number of hydrogen-bond donors (Lipinski definition) is 1. The van der Waals surface area contributed by atoms with Crippen molar-refractivity contribution < 1.29 is 14.5 Å². The van der Waals surface area contributed by atoms with Crippen molar-refractivity contribution in [3.05, 3.63) is 30.6 Å². The highest BCUT2D eigenvalue weighted by atomic mass is 16.3. The monoisotopic (exact) mass is 246 g/mol. The lowest BCUT2D eigenvalue weighted by Gasteiger charge is -2.46. The lowest BCUT2D eigenvalue weighted by atomic mass is 9.76. The molecule has 4 unspecified atom stereocenters. The summed E-state index contributed by atoms with van der Waals surface area (Å²) in [7, 11) is 0. The second kappa shape index (κ2) is 4.69. The van der Waals surface area contributed by atoms with Crippen LogP contribution >= 0.6 is 0 Å². The molecule has 2 heterocycles. The second-order valence-corrected chi connectivity index (χ2v) is 5.30. The molecule has 0 bridgehead atoms. The Labute approximate surface area is 107 Å². The van der Waals surface area contributed by atoms with E-state index in [1.165, 1.54) is 0 Å². The van der Waals surface area contributed by atoms with E-state index in [-0.39, 0.29) is 17.9 Å². The summed E-state index contributed by atoms with van der Waals surface area (Å²) in [4.78, 5) is 12.1. The lowest BCUT2D eigenvalue weighted by molar-refractivity contribution is -0.739. The number of aromatic nitrogens is 1. The molecule has 4 atom stereocenters. The van der Waals surface area contributed by atoms with Crippen LogP contribution in [0.15, 0.2) is 30.6 Å². The minimum absolute atomic E-state index is 0.0918. The Kier molecular flexibility index (Phi) is 3.04. The summed E-state index contributed by atoms with van der Waals surface area (Å²) in [5.74, 6) is -0.0245. The highest BCUT2D eigenvalue weighted by Gasteiger charge is 2.43. The molecular weight excluding hydrogens is 228 g/mol. The van der Waals surface area contributed by atoms with Crippen molar-refractivity contribution in [3.8, 4) is 0 Å². The molecule has 1 aliphatic heterocycles. The van der Waals surface area contributed by atoms with E-state index >= 15 is 0 Å². The van der Waals surface area contributed by atoms with Crippen LogP contribution in [-0.4, -0.2) is 18.1 Å². The van der Waals surface area contributed by atoms with Crippen LogP contribution in [0, 0.1) is 5.92 Å². The zero-order chi connectivity index (χ0) is 12.5. The fourth-order valence-electron chi connectivity index (χ4n) is 3.29.